The second-order valence-corrected chi connectivity index (χ2v) is 6.87. The minimum Gasteiger partial charge on any atom is -0.468 e. The minimum atomic E-state index is -3.64. The third kappa shape index (κ3) is 3.04. The van der Waals surface area contributed by atoms with Crippen LogP contribution < -0.4 is 5.32 Å². The summed E-state index contributed by atoms with van der Waals surface area (Å²) in [6.07, 6.45) is 1.52. The summed E-state index contributed by atoms with van der Waals surface area (Å²) >= 11 is 0. The molecule has 21 heavy (non-hydrogen) atoms. The predicted molar refractivity (Wildman–Crippen MR) is 78.3 cm³/mol. The number of furan rings is 2. The lowest BCUT2D eigenvalue weighted by atomic mass is 10.2. The summed E-state index contributed by atoms with van der Waals surface area (Å²) in [5.41, 5.74) is 0.668. The first kappa shape index (κ1) is 15.8. The Morgan fingerprint density at radius 1 is 1.29 bits per heavy atom. The van der Waals surface area contributed by atoms with Gasteiger partial charge in [0.2, 0.25) is 10.0 Å². The molecule has 2 aromatic rings. The monoisotopic (exact) mass is 312 g/mol. The van der Waals surface area contributed by atoms with Crippen molar-refractivity contribution in [2.45, 2.75) is 31.8 Å². The molecule has 0 saturated carbocycles. The molecule has 0 bridgehead atoms. The number of nitrogens with zero attached hydrogens (tertiary/aromatic N) is 1. The van der Waals surface area contributed by atoms with Crippen LogP contribution in [0, 0.1) is 13.8 Å². The molecule has 2 aromatic heterocycles. The normalized spacial score (nSPS) is 12.2. The molecule has 0 radical (unpaired) electrons. The van der Waals surface area contributed by atoms with Crippen molar-refractivity contribution in [2.24, 2.45) is 0 Å². The Labute approximate surface area is 124 Å². The van der Waals surface area contributed by atoms with Crippen LogP contribution in [0.15, 0.2) is 32.1 Å². The summed E-state index contributed by atoms with van der Waals surface area (Å²) in [5.74, 6) is 1.62. The van der Waals surface area contributed by atoms with E-state index in [1.165, 1.54) is 17.6 Å². The van der Waals surface area contributed by atoms with Gasteiger partial charge in [0, 0.05) is 19.2 Å². The van der Waals surface area contributed by atoms with Crippen molar-refractivity contribution in [3.05, 3.63) is 41.2 Å². The fourth-order valence-electron chi connectivity index (χ4n) is 2.29. The quantitative estimate of drug-likeness (QED) is 0.883. The van der Waals surface area contributed by atoms with Gasteiger partial charge in [0.15, 0.2) is 0 Å². The molecule has 0 aliphatic heterocycles. The Hall–Kier alpha value is -1.57. The van der Waals surface area contributed by atoms with Crippen LogP contribution in [0.1, 0.15) is 22.8 Å². The van der Waals surface area contributed by atoms with Crippen LogP contribution in [0.25, 0.3) is 0 Å². The van der Waals surface area contributed by atoms with E-state index in [2.05, 4.69) is 5.32 Å². The van der Waals surface area contributed by atoms with Gasteiger partial charge in [0.05, 0.1) is 12.8 Å². The largest absolute Gasteiger partial charge is 0.468 e. The van der Waals surface area contributed by atoms with Gasteiger partial charge in [-0.15, -0.1) is 0 Å². The van der Waals surface area contributed by atoms with Crippen molar-refractivity contribution in [3.63, 3.8) is 0 Å². The van der Waals surface area contributed by atoms with E-state index in [1.54, 1.807) is 33.0 Å². The molecule has 0 fully saturated rings. The van der Waals surface area contributed by atoms with Crippen LogP contribution in [-0.4, -0.2) is 26.8 Å². The van der Waals surface area contributed by atoms with E-state index in [0.717, 1.165) is 0 Å². The SMILES string of the molecule is CNCc1c(C)oc(C)c1S(=O)(=O)N(C)Cc1ccco1. The molecular weight excluding hydrogens is 292 g/mol. The Morgan fingerprint density at radius 2 is 2.00 bits per heavy atom. The van der Waals surface area contributed by atoms with E-state index in [9.17, 15) is 8.42 Å². The Balaban J connectivity index is 2.39. The highest BCUT2D eigenvalue weighted by Crippen LogP contribution is 2.29. The molecule has 116 valence electrons. The summed E-state index contributed by atoms with van der Waals surface area (Å²) in [6.45, 7) is 4.05. The molecule has 0 aliphatic carbocycles. The van der Waals surface area contributed by atoms with Crippen LogP contribution in [0.4, 0.5) is 0 Å². The first-order valence-corrected chi connectivity index (χ1v) is 8.04. The molecule has 0 aliphatic rings. The maximum atomic E-state index is 12.8. The lowest BCUT2D eigenvalue weighted by Gasteiger charge is -2.16. The molecule has 2 rings (SSSR count). The standard InChI is InChI=1S/C14H20N2O4S/c1-10-13(8-15-3)14(11(2)20-10)21(17,18)16(4)9-12-6-5-7-19-12/h5-7,15H,8-9H2,1-4H3. The number of aryl methyl sites for hydroxylation is 2. The third-order valence-electron chi connectivity index (χ3n) is 3.31. The van der Waals surface area contributed by atoms with Gasteiger partial charge in [0.25, 0.3) is 0 Å². The van der Waals surface area contributed by atoms with Crippen molar-refractivity contribution < 1.29 is 17.3 Å². The lowest BCUT2D eigenvalue weighted by molar-refractivity contribution is 0.404. The molecule has 0 unspecified atom stereocenters. The zero-order chi connectivity index (χ0) is 15.6. The van der Waals surface area contributed by atoms with Gasteiger partial charge in [-0.2, -0.15) is 4.31 Å². The molecule has 0 spiro atoms. The minimum absolute atomic E-state index is 0.179. The highest BCUT2D eigenvalue weighted by atomic mass is 32.2. The topological polar surface area (TPSA) is 75.7 Å². The molecule has 6 nitrogen and oxygen atoms in total. The van der Waals surface area contributed by atoms with E-state index in [1.807, 2.05) is 0 Å². The zero-order valence-corrected chi connectivity index (χ0v) is 13.5. The predicted octanol–water partition coefficient (Wildman–Crippen LogP) is 2.03. The number of rotatable bonds is 6. The highest BCUT2D eigenvalue weighted by Gasteiger charge is 2.30. The van der Waals surface area contributed by atoms with Crippen molar-refractivity contribution in [1.29, 1.82) is 0 Å². The van der Waals surface area contributed by atoms with Crippen LogP contribution in [-0.2, 0) is 23.1 Å². The summed E-state index contributed by atoms with van der Waals surface area (Å²) in [7, 11) is -0.339. The smallest absolute Gasteiger partial charge is 0.247 e. The van der Waals surface area contributed by atoms with Crippen molar-refractivity contribution >= 4 is 10.0 Å². The molecular formula is C14H20N2O4S. The van der Waals surface area contributed by atoms with Crippen LogP contribution in [0.2, 0.25) is 0 Å². The summed E-state index contributed by atoms with van der Waals surface area (Å²) < 4.78 is 37.5. The first-order chi connectivity index (χ1) is 9.87. The molecule has 0 aromatic carbocycles. The van der Waals surface area contributed by atoms with Crippen molar-refractivity contribution in [2.75, 3.05) is 14.1 Å². The van der Waals surface area contributed by atoms with Gasteiger partial charge in [-0.25, -0.2) is 8.42 Å². The van der Waals surface area contributed by atoms with Gasteiger partial charge in [-0.3, -0.25) is 0 Å². The van der Waals surface area contributed by atoms with Crippen LogP contribution in [0.3, 0.4) is 0 Å². The van der Waals surface area contributed by atoms with Gasteiger partial charge < -0.3 is 14.2 Å². The Morgan fingerprint density at radius 3 is 2.57 bits per heavy atom. The maximum Gasteiger partial charge on any atom is 0.247 e. The van der Waals surface area contributed by atoms with Gasteiger partial charge in [-0.1, -0.05) is 0 Å². The fraction of sp³-hybridized carbons (Fsp3) is 0.429. The van der Waals surface area contributed by atoms with Gasteiger partial charge in [-0.05, 0) is 33.0 Å². The van der Waals surface area contributed by atoms with Gasteiger partial charge in [0.1, 0.15) is 22.2 Å². The average molecular weight is 312 g/mol. The van der Waals surface area contributed by atoms with Crippen LogP contribution >= 0.6 is 0 Å². The lowest BCUT2D eigenvalue weighted by Crippen LogP contribution is -2.28. The zero-order valence-electron chi connectivity index (χ0n) is 12.6. The van der Waals surface area contributed by atoms with Crippen LogP contribution in [0.5, 0.6) is 0 Å². The van der Waals surface area contributed by atoms with Gasteiger partial charge >= 0.3 is 0 Å². The van der Waals surface area contributed by atoms with E-state index in [-0.39, 0.29) is 11.4 Å². The Kier molecular flexibility index (Phi) is 4.55. The maximum absolute atomic E-state index is 12.8. The number of nitrogens with one attached hydrogen (secondary N) is 1. The molecule has 0 atom stereocenters. The molecule has 1 N–H and O–H groups in total. The fourth-order valence-corrected chi connectivity index (χ4v) is 3.83. The second kappa shape index (κ2) is 6.05. The average Bonchev–Trinajstić information content (AvgIpc) is 2.99. The summed E-state index contributed by atoms with van der Waals surface area (Å²) in [5, 5.41) is 2.97. The summed E-state index contributed by atoms with van der Waals surface area (Å²) in [6, 6.07) is 3.48. The Bertz CT molecular complexity index is 702. The van der Waals surface area contributed by atoms with Crippen molar-refractivity contribution in [3.8, 4) is 0 Å². The number of hydrogen-bond acceptors (Lipinski definition) is 5. The van der Waals surface area contributed by atoms with E-state index in [4.69, 9.17) is 8.83 Å². The number of sulfonamides is 1. The second-order valence-electron chi connectivity index (χ2n) is 4.89. The van der Waals surface area contributed by atoms with Crippen molar-refractivity contribution in [1.82, 2.24) is 9.62 Å². The molecule has 7 heteroatoms. The van der Waals surface area contributed by atoms with E-state index in [0.29, 0.717) is 29.4 Å². The highest BCUT2D eigenvalue weighted by molar-refractivity contribution is 7.89. The van der Waals surface area contributed by atoms with E-state index < -0.39 is 10.0 Å². The number of hydrogen-bond donors (Lipinski definition) is 1. The first-order valence-electron chi connectivity index (χ1n) is 6.60. The van der Waals surface area contributed by atoms with E-state index >= 15 is 0 Å². The molecule has 0 saturated heterocycles. The molecule has 0 amide bonds. The summed E-state index contributed by atoms with van der Waals surface area (Å²) in [4.78, 5) is 0.239. The molecule has 2 heterocycles. The third-order valence-corrected chi connectivity index (χ3v) is 5.30.